The predicted octanol–water partition coefficient (Wildman–Crippen LogP) is 1.61. The number of alkyl halides is 1. The van der Waals surface area contributed by atoms with Crippen LogP contribution in [0.1, 0.15) is 26.0 Å². The van der Waals surface area contributed by atoms with Crippen molar-refractivity contribution < 1.29 is 0 Å². The molecule has 0 fully saturated rings. The number of nitrogens with zero attached hydrogens (tertiary/aromatic N) is 3. The van der Waals surface area contributed by atoms with E-state index in [1.807, 2.05) is 0 Å². The lowest BCUT2D eigenvalue weighted by atomic mass is 10.1. The number of H-pyrrole nitrogens is 1. The normalized spacial score (nSPS) is 11.3. The molecule has 2 N–H and O–H groups in total. The van der Waals surface area contributed by atoms with Crippen LogP contribution in [0.3, 0.4) is 0 Å². The Labute approximate surface area is 109 Å². The zero-order valence-electron chi connectivity index (χ0n) is 10.4. The zero-order valence-corrected chi connectivity index (χ0v) is 11.2. The van der Waals surface area contributed by atoms with E-state index in [0.717, 1.165) is 13.0 Å². The van der Waals surface area contributed by atoms with Gasteiger partial charge in [-0.25, -0.2) is 4.98 Å². The molecule has 6 nitrogen and oxygen atoms in total. The Morgan fingerprint density at radius 2 is 2.28 bits per heavy atom. The number of anilines is 1. The largest absolute Gasteiger partial charge is 0.355 e. The van der Waals surface area contributed by atoms with Gasteiger partial charge >= 0.3 is 0 Å². The molecule has 0 aromatic carbocycles. The van der Waals surface area contributed by atoms with Crippen LogP contribution in [0.25, 0.3) is 5.78 Å². The number of fused-ring (bicyclic) bond motifs is 1. The van der Waals surface area contributed by atoms with Gasteiger partial charge in [0.25, 0.3) is 11.3 Å². The summed E-state index contributed by atoms with van der Waals surface area (Å²) in [5.74, 6) is 1.71. The van der Waals surface area contributed by atoms with Gasteiger partial charge in [-0.05, 0) is 12.3 Å². The van der Waals surface area contributed by atoms with Crippen LogP contribution >= 0.6 is 11.6 Å². The first-order valence-electron chi connectivity index (χ1n) is 5.88. The van der Waals surface area contributed by atoms with Gasteiger partial charge in [-0.2, -0.15) is 9.50 Å². The number of aromatic amines is 1. The van der Waals surface area contributed by atoms with Crippen LogP contribution in [0.15, 0.2) is 10.9 Å². The fraction of sp³-hybridized carbons (Fsp3) is 0.545. The summed E-state index contributed by atoms with van der Waals surface area (Å²) in [6.45, 7) is 5.10. The molecule has 0 unspecified atom stereocenters. The van der Waals surface area contributed by atoms with Crippen molar-refractivity contribution in [2.45, 2.75) is 26.1 Å². The highest BCUT2D eigenvalue weighted by atomic mass is 35.5. The standard InChI is InChI=1S/C11H16ClN5O/c1-7(2)3-4-13-10-15-11-14-8(6-12)5-9(18)17(11)16-10/h5,7H,3-4,6H2,1-2H3,(H2,13,14,15,16). The smallest absolute Gasteiger partial charge is 0.274 e. The topological polar surface area (TPSA) is 75.1 Å². The van der Waals surface area contributed by atoms with E-state index < -0.39 is 0 Å². The molecule has 2 heterocycles. The second-order valence-corrected chi connectivity index (χ2v) is 4.80. The third-order valence-electron chi connectivity index (χ3n) is 2.53. The van der Waals surface area contributed by atoms with Crippen LogP contribution < -0.4 is 10.9 Å². The van der Waals surface area contributed by atoms with Gasteiger partial charge in [-0.15, -0.1) is 11.6 Å². The summed E-state index contributed by atoms with van der Waals surface area (Å²) in [6.07, 6.45) is 1.03. The quantitative estimate of drug-likeness (QED) is 0.809. The molecule has 0 aliphatic heterocycles. The third-order valence-corrected chi connectivity index (χ3v) is 2.81. The highest BCUT2D eigenvalue weighted by Gasteiger charge is 2.07. The van der Waals surface area contributed by atoms with E-state index in [1.165, 1.54) is 10.6 Å². The van der Waals surface area contributed by atoms with E-state index in [2.05, 4.69) is 34.2 Å². The molecular weight excluding hydrogens is 254 g/mol. The van der Waals surface area contributed by atoms with Crippen LogP contribution in [0, 0.1) is 5.92 Å². The maximum atomic E-state index is 11.7. The fourth-order valence-electron chi connectivity index (χ4n) is 1.55. The van der Waals surface area contributed by atoms with Crippen LogP contribution in [0.5, 0.6) is 0 Å². The maximum Gasteiger partial charge on any atom is 0.274 e. The first kappa shape index (κ1) is 12.9. The van der Waals surface area contributed by atoms with Gasteiger partial charge in [0, 0.05) is 12.6 Å². The van der Waals surface area contributed by atoms with E-state index in [9.17, 15) is 4.79 Å². The summed E-state index contributed by atoms with van der Waals surface area (Å²) in [5, 5.41) is 6.00. The Morgan fingerprint density at radius 3 is 2.94 bits per heavy atom. The number of nitrogens with one attached hydrogen (secondary N) is 2. The minimum atomic E-state index is -0.208. The average molecular weight is 270 g/mol. The van der Waals surface area contributed by atoms with E-state index in [4.69, 9.17) is 11.6 Å². The minimum Gasteiger partial charge on any atom is -0.355 e. The Morgan fingerprint density at radius 1 is 1.50 bits per heavy atom. The first-order valence-corrected chi connectivity index (χ1v) is 6.42. The summed E-state index contributed by atoms with van der Waals surface area (Å²) in [5.41, 5.74) is 0.321. The van der Waals surface area contributed by atoms with Crippen molar-refractivity contribution in [2.75, 3.05) is 11.9 Å². The second kappa shape index (κ2) is 5.39. The van der Waals surface area contributed by atoms with Gasteiger partial charge in [0.15, 0.2) is 0 Å². The van der Waals surface area contributed by atoms with Crippen molar-refractivity contribution in [1.82, 2.24) is 19.6 Å². The first-order chi connectivity index (χ1) is 8.60. The van der Waals surface area contributed by atoms with Crippen molar-refractivity contribution in [3.63, 3.8) is 0 Å². The van der Waals surface area contributed by atoms with Crippen LogP contribution in [0.2, 0.25) is 0 Å². The highest BCUT2D eigenvalue weighted by molar-refractivity contribution is 6.16. The lowest BCUT2D eigenvalue weighted by Gasteiger charge is -2.04. The van der Waals surface area contributed by atoms with Gasteiger partial charge in [0.2, 0.25) is 5.95 Å². The van der Waals surface area contributed by atoms with Crippen molar-refractivity contribution in [1.29, 1.82) is 0 Å². The molecule has 0 radical (unpaired) electrons. The number of halogens is 1. The molecule has 18 heavy (non-hydrogen) atoms. The molecule has 2 rings (SSSR count). The average Bonchev–Trinajstić information content (AvgIpc) is 2.71. The Hall–Kier alpha value is -1.56. The summed E-state index contributed by atoms with van der Waals surface area (Å²) in [4.78, 5) is 20.1. The number of hydrogen-bond donors (Lipinski definition) is 2. The molecule has 2 aromatic rings. The molecule has 98 valence electrons. The molecule has 0 saturated carbocycles. The SMILES string of the molecule is CC(C)CCNc1nc2nc(CCl)cc(=O)n2[nH]1. The molecule has 0 aliphatic carbocycles. The van der Waals surface area contributed by atoms with Crippen molar-refractivity contribution >= 4 is 23.3 Å². The monoisotopic (exact) mass is 269 g/mol. The summed E-state index contributed by atoms with van der Waals surface area (Å²) in [6, 6.07) is 1.40. The predicted molar refractivity (Wildman–Crippen MR) is 71.1 cm³/mol. The van der Waals surface area contributed by atoms with Crippen molar-refractivity contribution in [2.24, 2.45) is 5.92 Å². The maximum absolute atomic E-state index is 11.7. The molecule has 0 atom stereocenters. The van der Waals surface area contributed by atoms with E-state index in [1.54, 1.807) is 0 Å². The van der Waals surface area contributed by atoms with E-state index in [-0.39, 0.29) is 11.4 Å². The molecule has 2 aromatic heterocycles. The lowest BCUT2D eigenvalue weighted by molar-refractivity contribution is 0.606. The molecule has 0 aliphatic rings. The van der Waals surface area contributed by atoms with Gasteiger partial charge in [-0.3, -0.25) is 9.89 Å². The summed E-state index contributed by atoms with van der Waals surface area (Å²) in [7, 11) is 0. The van der Waals surface area contributed by atoms with Gasteiger partial charge < -0.3 is 5.32 Å². The highest BCUT2D eigenvalue weighted by Crippen LogP contribution is 2.05. The van der Waals surface area contributed by atoms with Crippen LogP contribution in [-0.2, 0) is 5.88 Å². The zero-order chi connectivity index (χ0) is 13.1. The molecular formula is C11H16ClN5O. The van der Waals surface area contributed by atoms with Gasteiger partial charge in [0.05, 0.1) is 11.6 Å². The molecule has 0 spiro atoms. The van der Waals surface area contributed by atoms with Crippen LogP contribution in [0.4, 0.5) is 5.95 Å². The van der Waals surface area contributed by atoms with Gasteiger partial charge in [0.1, 0.15) is 0 Å². The summed E-state index contributed by atoms with van der Waals surface area (Å²) >= 11 is 5.66. The molecule has 0 amide bonds. The third kappa shape index (κ3) is 2.81. The van der Waals surface area contributed by atoms with Crippen molar-refractivity contribution in [3.8, 4) is 0 Å². The number of aromatic nitrogens is 4. The fourth-order valence-corrected chi connectivity index (χ4v) is 1.69. The molecule has 7 heteroatoms. The number of rotatable bonds is 5. The van der Waals surface area contributed by atoms with E-state index >= 15 is 0 Å². The Kier molecular flexibility index (Phi) is 3.86. The lowest BCUT2D eigenvalue weighted by Crippen LogP contribution is -2.15. The second-order valence-electron chi connectivity index (χ2n) is 4.54. The molecule has 0 bridgehead atoms. The van der Waals surface area contributed by atoms with E-state index in [0.29, 0.717) is 23.3 Å². The Bertz CT molecular complexity index is 589. The molecule has 0 saturated heterocycles. The summed E-state index contributed by atoms with van der Waals surface area (Å²) < 4.78 is 1.30. The Balaban J connectivity index is 2.22. The van der Waals surface area contributed by atoms with Crippen molar-refractivity contribution in [3.05, 3.63) is 22.1 Å². The minimum absolute atomic E-state index is 0.203. The van der Waals surface area contributed by atoms with Crippen LogP contribution in [-0.4, -0.2) is 26.1 Å². The number of hydrogen-bond acceptors (Lipinski definition) is 4. The van der Waals surface area contributed by atoms with Gasteiger partial charge in [-0.1, -0.05) is 13.8 Å².